The molecule has 3 aromatic rings. The van der Waals surface area contributed by atoms with E-state index >= 15 is 0 Å². The van der Waals surface area contributed by atoms with Gasteiger partial charge in [0.15, 0.2) is 5.58 Å². The van der Waals surface area contributed by atoms with Gasteiger partial charge in [-0.05, 0) is 43.2 Å². The van der Waals surface area contributed by atoms with Crippen molar-refractivity contribution in [2.75, 3.05) is 6.54 Å². The second-order valence-electron chi connectivity index (χ2n) is 5.60. The third-order valence-electron chi connectivity index (χ3n) is 3.84. The average Bonchev–Trinajstić information content (AvgIpc) is 2.82. The minimum absolute atomic E-state index is 0.0783. The Hall–Kier alpha value is -2.82. The molecule has 23 heavy (non-hydrogen) atoms. The summed E-state index contributed by atoms with van der Waals surface area (Å²) in [5, 5.41) is 2.91. The van der Waals surface area contributed by atoms with Crippen LogP contribution in [-0.4, -0.2) is 17.0 Å². The first-order valence-electron chi connectivity index (χ1n) is 7.48. The molecule has 1 aromatic heterocycles. The number of aromatic nitrogens is 1. The van der Waals surface area contributed by atoms with Crippen molar-refractivity contribution in [3.63, 3.8) is 0 Å². The molecule has 0 spiro atoms. The predicted octanol–water partition coefficient (Wildman–Crippen LogP) is 2.41. The first kappa shape index (κ1) is 15.1. The number of carbonyl (C=O) groups is 1. The van der Waals surface area contributed by atoms with Gasteiger partial charge in [0.1, 0.15) is 0 Å². The van der Waals surface area contributed by atoms with Gasteiger partial charge in [0, 0.05) is 19.2 Å². The molecule has 3 rings (SSSR count). The molecule has 0 fully saturated rings. The van der Waals surface area contributed by atoms with E-state index in [1.165, 1.54) is 4.57 Å². The molecule has 1 heterocycles. The highest BCUT2D eigenvalue weighted by Gasteiger charge is 2.08. The van der Waals surface area contributed by atoms with Crippen molar-refractivity contribution in [2.45, 2.75) is 13.3 Å². The first-order chi connectivity index (χ1) is 11.0. The Labute approximate surface area is 133 Å². The van der Waals surface area contributed by atoms with Crippen LogP contribution in [0.5, 0.6) is 0 Å². The van der Waals surface area contributed by atoms with E-state index in [2.05, 4.69) is 5.32 Å². The molecule has 5 nitrogen and oxygen atoms in total. The van der Waals surface area contributed by atoms with Gasteiger partial charge in [-0.2, -0.15) is 0 Å². The molecule has 1 N–H and O–H groups in total. The molecule has 2 aromatic carbocycles. The summed E-state index contributed by atoms with van der Waals surface area (Å²) < 4.78 is 6.58. The van der Waals surface area contributed by atoms with Crippen molar-refractivity contribution in [1.29, 1.82) is 0 Å². The third-order valence-corrected chi connectivity index (χ3v) is 3.84. The summed E-state index contributed by atoms with van der Waals surface area (Å²) in [5.41, 5.74) is 4.10. The largest absolute Gasteiger partial charge is 0.419 e. The fourth-order valence-corrected chi connectivity index (χ4v) is 2.54. The van der Waals surface area contributed by atoms with Gasteiger partial charge >= 0.3 is 5.76 Å². The lowest BCUT2D eigenvalue weighted by Crippen LogP contribution is -2.25. The fourth-order valence-electron chi connectivity index (χ4n) is 2.54. The van der Waals surface area contributed by atoms with Crippen LogP contribution in [0, 0.1) is 6.92 Å². The number of hydrogen-bond donors (Lipinski definition) is 1. The zero-order valence-corrected chi connectivity index (χ0v) is 13.1. The standard InChI is InChI=1S/C18H18N2O3/c1-12-4-3-5-14(10-12)17(21)19-9-8-13-6-7-16-15(11-13)20(2)18(22)23-16/h3-7,10-11H,8-9H2,1-2H3,(H,19,21). The molecule has 0 aliphatic carbocycles. The second-order valence-corrected chi connectivity index (χ2v) is 5.60. The molecule has 0 aliphatic rings. The highest BCUT2D eigenvalue weighted by Crippen LogP contribution is 2.14. The SMILES string of the molecule is Cc1cccc(C(=O)NCCc2ccc3oc(=O)n(C)c3c2)c1. The minimum atomic E-state index is -0.370. The van der Waals surface area contributed by atoms with Crippen molar-refractivity contribution in [2.24, 2.45) is 7.05 Å². The Bertz CT molecular complexity index is 921. The van der Waals surface area contributed by atoms with E-state index in [9.17, 15) is 9.59 Å². The van der Waals surface area contributed by atoms with Gasteiger partial charge in [0.05, 0.1) is 5.52 Å². The van der Waals surface area contributed by atoms with E-state index < -0.39 is 0 Å². The number of hydrogen-bond acceptors (Lipinski definition) is 3. The zero-order chi connectivity index (χ0) is 16.4. The van der Waals surface area contributed by atoms with Gasteiger partial charge in [-0.15, -0.1) is 0 Å². The van der Waals surface area contributed by atoms with Crippen LogP contribution in [0.25, 0.3) is 11.1 Å². The van der Waals surface area contributed by atoms with E-state index in [0.29, 0.717) is 24.1 Å². The quantitative estimate of drug-likeness (QED) is 0.805. The van der Waals surface area contributed by atoms with Crippen molar-refractivity contribution in [3.05, 3.63) is 69.7 Å². The number of rotatable bonds is 4. The third kappa shape index (κ3) is 3.18. The minimum Gasteiger partial charge on any atom is -0.408 e. The zero-order valence-electron chi connectivity index (χ0n) is 13.1. The molecule has 0 atom stereocenters. The first-order valence-corrected chi connectivity index (χ1v) is 7.48. The lowest BCUT2D eigenvalue weighted by atomic mass is 10.1. The van der Waals surface area contributed by atoms with Crippen LogP contribution in [-0.2, 0) is 13.5 Å². The highest BCUT2D eigenvalue weighted by molar-refractivity contribution is 5.94. The van der Waals surface area contributed by atoms with E-state index in [1.807, 2.05) is 37.3 Å². The fraction of sp³-hybridized carbons (Fsp3) is 0.222. The molecular formula is C18H18N2O3. The Kier molecular flexibility index (Phi) is 4.02. The van der Waals surface area contributed by atoms with Crippen LogP contribution in [0.2, 0.25) is 0 Å². The van der Waals surface area contributed by atoms with Crippen molar-refractivity contribution < 1.29 is 9.21 Å². The number of aryl methyl sites for hydroxylation is 2. The van der Waals surface area contributed by atoms with Crippen LogP contribution in [0.15, 0.2) is 51.7 Å². The summed E-state index contributed by atoms with van der Waals surface area (Å²) in [6.07, 6.45) is 0.687. The number of carbonyl (C=O) groups excluding carboxylic acids is 1. The van der Waals surface area contributed by atoms with Gasteiger partial charge in [-0.25, -0.2) is 4.79 Å². The summed E-state index contributed by atoms with van der Waals surface area (Å²) in [7, 11) is 1.68. The van der Waals surface area contributed by atoms with Crippen LogP contribution in [0.4, 0.5) is 0 Å². The van der Waals surface area contributed by atoms with Crippen LogP contribution in [0.1, 0.15) is 21.5 Å². The molecule has 0 unspecified atom stereocenters. The molecule has 5 heteroatoms. The van der Waals surface area contributed by atoms with E-state index in [-0.39, 0.29) is 11.7 Å². The van der Waals surface area contributed by atoms with E-state index in [4.69, 9.17) is 4.42 Å². The van der Waals surface area contributed by atoms with Crippen LogP contribution < -0.4 is 11.1 Å². The Morgan fingerprint density at radius 2 is 2.04 bits per heavy atom. The molecule has 118 valence electrons. The van der Waals surface area contributed by atoms with Gasteiger partial charge < -0.3 is 9.73 Å². The summed E-state index contributed by atoms with van der Waals surface area (Å²) in [6, 6.07) is 13.1. The molecule has 0 saturated carbocycles. The molecule has 0 aliphatic heterocycles. The van der Waals surface area contributed by atoms with Crippen LogP contribution in [0.3, 0.4) is 0 Å². The maximum atomic E-state index is 12.1. The normalized spacial score (nSPS) is 10.9. The van der Waals surface area contributed by atoms with Gasteiger partial charge in [0.2, 0.25) is 0 Å². The average molecular weight is 310 g/mol. The van der Waals surface area contributed by atoms with E-state index in [1.54, 1.807) is 19.2 Å². The summed E-state index contributed by atoms with van der Waals surface area (Å²) >= 11 is 0. The van der Waals surface area contributed by atoms with Crippen molar-refractivity contribution in [3.8, 4) is 0 Å². The second kappa shape index (κ2) is 6.12. The Morgan fingerprint density at radius 1 is 1.22 bits per heavy atom. The topological polar surface area (TPSA) is 64.2 Å². The highest BCUT2D eigenvalue weighted by atomic mass is 16.4. The van der Waals surface area contributed by atoms with Crippen LogP contribution >= 0.6 is 0 Å². The number of nitrogens with zero attached hydrogens (tertiary/aromatic N) is 1. The van der Waals surface area contributed by atoms with Crippen molar-refractivity contribution in [1.82, 2.24) is 9.88 Å². The maximum absolute atomic E-state index is 12.1. The summed E-state index contributed by atoms with van der Waals surface area (Å²) in [4.78, 5) is 23.6. The van der Waals surface area contributed by atoms with E-state index in [0.717, 1.165) is 16.6 Å². The van der Waals surface area contributed by atoms with Gasteiger partial charge in [-0.3, -0.25) is 9.36 Å². The molecule has 1 amide bonds. The Balaban J connectivity index is 1.65. The van der Waals surface area contributed by atoms with Gasteiger partial charge in [0.25, 0.3) is 5.91 Å². The van der Waals surface area contributed by atoms with Gasteiger partial charge in [-0.1, -0.05) is 23.8 Å². The molecule has 0 bridgehead atoms. The predicted molar refractivity (Wildman–Crippen MR) is 88.7 cm³/mol. The number of amides is 1. The lowest BCUT2D eigenvalue weighted by molar-refractivity contribution is 0.0954. The van der Waals surface area contributed by atoms with Crippen molar-refractivity contribution >= 4 is 17.0 Å². The number of nitrogens with one attached hydrogen (secondary N) is 1. The molecular weight excluding hydrogens is 292 g/mol. The summed E-state index contributed by atoms with van der Waals surface area (Å²) in [6.45, 7) is 2.49. The Morgan fingerprint density at radius 3 is 2.83 bits per heavy atom. The molecule has 0 saturated heterocycles. The lowest BCUT2D eigenvalue weighted by Gasteiger charge is -2.06. The summed E-state index contributed by atoms with van der Waals surface area (Å²) in [5.74, 6) is -0.449. The number of fused-ring (bicyclic) bond motifs is 1. The number of oxazole rings is 1. The molecule has 0 radical (unpaired) electrons. The monoisotopic (exact) mass is 310 g/mol. The number of benzene rings is 2. The smallest absolute Gasteiger partial charge is 0.408 e. The maximum Gasteiger partial charge on any atom is 0.419 e.